The van der Waals surface area contributed by atoms with Crippen molar-refractivity contribution in [1.82, 2.24) is 41.7 Å². The molecule has 11 bridgehead atoms. The number of nitrogens with zero attached hydrogens (tertiary/aromatic N) is 2. The molecular formula is C95H113Cl3N10O27. The number of phenols is 3. The Bertz CT molecular complexity index is 5570. The lowest BCUT2D eigenvalue weighted by atomic mass is 9.84. The average Bonchev–Trinajstić information content (AvgIpc) is 0.761. The number of hydrogen-bond acceptors (Lipinski definition) is 31. The number of aliphatic hydroxyl groups excluding tert-OH is 6. The summed E-state index contributed by atoms with van der Waals surface area (Å²) in [7, 11) is 6.47. The smallest absolute Gasteiger partial charge is 0.333 e. The molecule has 15 rings (SSSR count). The van der Waals surface area contributed by atoms with E-state index in [2.05, 4.69) is 31.9 Å². The molecular weight excluding hydrogens is 1820 g/mol. The number of phenolic OH excluding ortho intramolecular Hbond substituents is 3. The number of aromatic hydroxyl groups is 3. The van der Waals surface area contributed by atoms with E-state index in [0.29, 0.717) is 11.6 Å². The fraction of sp³-hybridized carbons (Fsp3) is 0.463. The number of nitrogens with two attached hydrogens (primary N) is 2. The van der Waals surface area contributed by atoms with Gasteiger partial charge in [0.25, 0.3) is 5.91 Å². The summed E-state index contributed by atoms with van der Waals surface area (Å²) in [5.41, 5.74) is 10.2. The van der Waals surface area contributed by atoms with Crippen LogP contribution in [-0.2, 0) is 78.1 Å². The Morgan fingerprint density at radius 2 is 1.28 bits per heavy atom. The molecule has 0 aliphatic carbocycles. The third kappa shape index (κ3) is 23.4. The van der Waals surface area contributed by atoms with Gasteiger partial charge in [-0.05, 0) is 167 Å². The van der Waals surface area contributed by atoms with E-state index in [9.17, 15) is 60.3 Å². The van der Waals surface area contributed by atoms with Crippen LogP contribution >= 0.6 is 34.8 Å². The summed E-state index contributed by atoms with van der Waals surface area (Å²) in [4.78, 5) is 141. The molecule has 8 heterocycles. The predicted molar refractivity (Wildman–Crippen MR) is 487 cm³/mol. The molecule has 0 aromatic heterocycles. The number of ether oxygens (including phenoxy) is 9. The van der Waals surface area contributed by atoms with Crippen LogP contribution < -0.4 is 57.6 Å². The molecule has 19 N–H and O–H groups in total. The molecule has 0 spiro atoms. The minimum absolute atomic E-state index is 0.108. The minimum atomic E-state index is -2.27. The number of ketones is 2. The molecule has 0 saturated carbocycles. The highest BCUT2D eigenvalue weighted by Gasteiger charge is 2.53. The average molecular weight is 1930 g/mol. The Kier molecular flexibility index (Phi) is 32.3. The lowest BCUT2D eigenvalue weighted by Gasteiger charge is -2.48. The first-order chi connectivity index (χ1) is 63.9. The van der Waals surface area contributed by atoms with E-state index in [1.165, 1.54) is 75.3 Å². The summed E-state index contributed by atoms with van der Waals surface area (Å²) in [6.07, 6.45) is -25.0. The van der Waals surface area contributed by atoms with E-state index < -0.39 is 280 Å². The Balaban J connectivity index is 1.02. The van der Waals surface area contributed by atoms with Gasteiger partial charge in [-0.1, -0.05) is 103 Å². The molecule has 726 valence electrons. The van der Waals surface area contributed by atoms with Crippen LogP contribution in [0.1, 0.15) is 144 Å². The third-order valence-electron chi connectivity index (χ3n) is 25.2. The van der Waals surface area contributed by atoms with E-state index in [0.717, 1.165) is 53.1 Å². The first kappa shape index (κ1) is 102. The number of fused-ring (bicyclic) bond motifs is 15. The van der Waals surface area contributed by atoms with Crippen LogP contribution in [0, 0.1) is 11.8 Å². The van der Waals surface area contributed by atoms with E-state index in [-0.39, 0.29) is 71.5 Å². The molecule has 3 fully saturated rings. The fourth-order valence-corrected chi connectivity index (χ4v) is 18.1. The van der Waals surface area contributed by atoms with Crippen molar-refractivity contribution in [2.75, 3.05) is 54.5 Å². The maximum Gasteiger partial charge on any atom is 0.333 e. The zero-order valence-corrected chi connectivity index (χ0v) is 77.9. The predicted octanol–water partition coefficient (Wildman–Crippen LogP) is 5.95. The number of nitrogens with one attached hydrogen (secondary N) is 6. The Morgan fingerprint density at radius 3 is 1.90 bits per heavy atom. The van der Waals surface area contributed by atoms with Crippen LogP contribution in [0.3, 0.4) is 0 Å². The number of halogens is 3. The van der Waals surface area contributed by atoms with Crippen LogP contribution in [0.15, 0.2) is 127 Å². The van der Waals surface area contributed by atoms with Gasteiger partial charge in [0.1, 0.15) is 77.4 Å². The summed E-state index contributed by atoms with van der Waals surface area (Å²) in [5.74, 6) is -19.3. The van der Waals surface area contributed by atoms with Crippen LogP contribution in [0.5, 0.6) is 46.0 Å². The number of aliphatic hydroxyl groups is 6. The number of carbonyl (C=O) groups excluding carboxylic acids is 9. The van der Waals surface area contributed by atoms with Gasteiger partial charge in [0, 0.05) is 97.6 Å². The summed E-state index contributed by atoms with van der Waals surface area (Å²) < 4.78 is 59.2. The molecule has 5 unspecified atom stereocenters. The van der Waals surface area contributed by atoms with E-state index >= 15 is 28.8 Å². The zero-order valence-electron chi connectivity index (χ0n) is 75.6. The molecule has 37 nitrogen and oxygen atoms in total. The topological polar surface area (TPSA) is 549 Å². The summed E-state index contributed by atoms with van der Waals surface area (Å²) >= 11 is 21.0. The number of amides is 6. The second-order valence-corrected chi connectivity index (χ2v) is 37.4. The van der Waals surface area contributed by atoms with Crippen LogP contribution in [0.25, 0.3) is 22.3 Å². The second kappa shape index (κ2) is 42.9. The molecule has 8 aliphatic heterocycles. The van der Waals surface area contributed by atoms with Gasteiger partial charge in [-0.2, -0.15) is 0 Å². The quantitative estimate of drug-likeness (QED) is 0.0311. The standard InChI is InChI=1S/C95H113Cl3N10O27/c1-43(2)27-61(101-7)90(124)105-78-64(113)31-53(34-71(99)115)88(122)103-76-52-32-68(130-66-23-18-50(80(78)117)29-59(66)97)84(135-93-85(82(119)81(118)70(41-109)132-93)134-74-39-95(6,87(121)45(4)129-74)102-40-46-11-13-47(14-12-46)48-15-20-54(96)21-16-48)69(33-52)131-67-24-19-51(30-60(67)98)83(133-73-38-94(5,100)86(120)44(3)128-73)79-91(125)104-77(92(126)127-42-72(116)108(10)26-25-107(8)9)58-35-55(110)36-63(112)75(58)57-28-49(17-22-62(57)111)56(37-65(76)114)89(123)106-79/h11-24,28-30,32-33,35-36,43-45,53,56,61,70,73-74,76-83,85-87,93,101-102,109-112,117-121H,25-27,31,34,37-42,100H2,1-10H3,(H2,99,115)(H,103,122)(H,104,125)(H,105,124)(H,106,123)/t44-,45-,53-,56+,61+,70?,73-,74-,76+,77-,78-,79-,80+,81+,82?,83+,85?,86-,87-,93-,94?,95?/m0/s1. The van der Waals surface area contributed by atoms with Gasteiger partial charge >= 0.3 is 5.97 Å². The number of Topliss-reactive ketones (excluding diaryl/α,β-unsaturated/α-hetero) is 2. The van der Waals surface area contributed by atoms with Gasteiger partial charge in [-0.25, -0.2) is 4.79 Å². The molecule has 40 heteroatoms. The van der Waals surface area contributed by atoms with Gasteiger partial charge in [-0.15, -0.1) is 0 Å². The summed E-state index contributed by atoms with van der Waals surface area (Å²) in [6, 6.07) is 20.0. The Hall–Kier alpha value is -10.8. The van der Waals surface area contributed by atoms with Crippen molar-refractivity contribution >= 4 is 87.8 Å². The van der Waals surface area contributed by atoms with Crippen molar-refractivity contribution in [3.05, 3.63) is 176 Å². The number of rotatable bonds is 24. The van der Waals surface area contributed by atoms with Crippen molar-refractivity contribution in [3.63, 3.8) is 0 Å². The molecule has 22 atom stereocenters. The molecule has 7 aromatic rings. The second-order valence-electron chi connectivity index (χ2n) is 36.2. The van der Waals surface area contributed by atoms with Crippen molar-refractivity contribution < 1.29 is 132 Å². The number of esters is 1. The lowest BCUT2D eigenvalue weighted by molar-refractivity contribution is -0.334. The van der Waals surface area contributed by atoms with E-state index in [4.69, 9.17) is 88.9 Å². The van der Waals surface area contributed by atoms with Gasteiger partial charge in [0.15, 0.2) is 54.4 Å². The summed E-state index contributed by atoms with van der Waals surface area (Å²) in [5, 5.41) is 124. The van der Waals surface area contributed by atoms with Crippen LogP contribution in [0.2, 0.25) is 15.1 Å². The highest BCUT2D eigenvalue weighted by atomic mass is 35.5. The van der Waals surface area contributed by atoms with E-state index in [1.54, 1.807) is 45.0 Å². The van der Waals surface area contributed by atoms with Gasteiger partial charge in [0.2, 0.25) is 41.6 Å². The largest absolute Gasteiger partial charge is 0.508 e. The molecule has 6 amide bonds. The van der Waals surface area contributed by atoms with Crippen molar-refractivity contribution in [1.29, 1.82) is 0 Å². The first-order valence-electron chi connectivity index (χ1n) is 44.0. The van der Waals surface area contributed by atoms with Gasteiger partial charge in [-0.3, -0.25) is 38.4 Å². The molecule has 135 heavy (non-hydrogen) atoms. The maximum atomic E-state index is 16.9. The Morgan fingerprint density at radius 1 is 0.659 bits per heavy atom. The van der Waals surface area contributed by atoms with Crippen molar-refractivity contribution in [2.45, 2.75) is 214 Å². The molecule has 8 aliphatic rings. The van der Waals surface area contributed by atoms with Crippen molar-refractivity contribution in [3.8, 4) is 68.2 Å². The number of primary amides is 1. The third-order valence-corrected chi connectivity index (χ3v) is 26.0. The number of likely N-dealkylation sites (N-methyl/N-ethyl adjacent to an activating group) is 3. The molecule has 0 radical (unpaired) electrons. The SMILES string of the molecule is CN[C@H](CC(C)C)C(=O)N[C@H]1C(=O)C[C@@H](CC(N)=O)C(=O)N[C@H]2C(=O)C[C@H]3C(=O)N[C@H](C(=O)N[C@H](C(=O)OCC(=O)N(C)CCN(C)C)c4cc(O)cc(O)c4-c4cc3ccc4O)[C@H](O[C@H]3CC(C)(N)[C@@H](O)[C@H](C)O3)c3ccc(c(Cl)c3)Oc3cc2cc(c3O[C@@H]2OC(CO)[C@@H](O)C(O)C2O[C@H]2CC(C)(NCc3ccc(-c4ccc(Cl)cc4)cc3)[C@@H](O)[C@H](C)O2)Oc2ccc(cc2Cl)[C@H]1O. The Labute approximate surface area is 792 Å². The monoisotopic (exact) mass is 1930 g/mol. The highest BCUT2D eigenvalue weighted by molar-refractivity contribution is 6.32. The van der Waals surface area contributed by atoms with Crippen LogP contribution in [-0.4, -0.2) is 260 Å². The molecule has 3 saturated heterocycles. The number of carbonyl (C=O) groups is 9. The minimum Gasteiger partial charge on any atom is -0.508 e. The van der Waals surface area contributed by atoms with Gasteiger partial charge in [0.05, 0.1) is 58.9 Å². The maximum absolute atomic E-state index is 16.9. The normalized spacial score (nSPS) is 28.5. The summed E-state index contributed by atoms with van der Waals surface area (Å²) in [6.45, 7) is 8.71. The number of hydrogen-bond donors (Lipinski definition) is 17. The molecule has 7 aromatic carbocycles. The van der Waals surface area contributed by atoms with Crippen molar-refractivity contribution in [2.24, 2.45) is 23.3 Å². The van der Waals surface area contributed by atoms with E-state index in [1.807, 2.05) is 50.2 Å². The zero-order chi connectivity index (χ0) is 97.8. The van der Waals surface area contributed by atoms with Crippen LogP contribution in [0.4, 0.5) is 0 Å². The highest BCUT2D eigenvalue weighted by Crippen LogP contribution is 2.52. The number of benzene rings is 7. The van der Waals surface area contributed by atoms with Gasteiger partial charge < -0.3 is 142 Å². The first-order valence-corrected chi connectivity index (χ1v) is 45.2. The fourth-order valence-electron chi connectivity index (χ4n) is 17.5. The lowest BCUT2D eigenvalue weighted by Crippen LogP contribution is -2.65.